The third-order valence-corrected chi connectivity index (χ3v) is 6.76. The Labute approximate surface area is 164 Å². The molecule has 11 heteroatoms. The van der Waals surface area contributed by atoms with Crippen LogP contribution < -0.4 is 0 Å². The van der Waals surface area contributed by atoms with E-state index in [0.717, 1.165) is 35.5 Å². The second kappa shape index (κ2) is 8.42. The molecule has 0 unspecified atom stereocenters. The average Bonchev–Trinajstić information content (AvgIpc) is 2.94. The average molecular weight is 560 g/mol. The van der Waals surface area contributed by atoms with Crippen molar-refractivity contribution in [3.63, 3.8) is 0 Å². The van der Waals surface area contributed by atoms with Gasteiger partial charge in [-0.2, -0.15) is 0 Å². The fourth-order valence-electron chi connectivity index (χ4n) is 2.48. The summed E-state index contributed by atoms with van der Waals surface area (Å²) in [7, 11) is 5.07. The summed E-state index contributed by atoms with van der Waals surface area (Å²) in [6.45, 7) is 0. The normalized spacial score (nSPS) is 15.2. The molecule has 26 heavy (non-hydrogen) atoms. The van der Waals surface area contributed by atoms with Gasteiger partial charge in [-0.1, -0.05) is 0 Å². The van der Waals surface area contributed by atoms with E-state index < -0.39 is 80.9 Å². The summed E-state index contributed by atoms with van der Waals surface area (Å²) in [6, 6.07) is 0. The molecule has 0 atom stereocenters. The fraction of sp³-hybridized carbons (Fsp3) is 0.400. The molecular weight excluding hydrogens is 545 g/mol. The van der Waals surface area contributed by atoms with Gasteiger partial charge in [-0.3, -0.25) is 0 Å². The summed E-state index contributed by atoms with van der Waals surface area (Å²) in [6.07, 6.45) is 0. The van der Waals surface area contributed by atoms with E-state index in [1.54, 1.807) is 0 Å². The Kier molecular flexibility index (Phi) is 7.06. The first-order chi connectivity index (χ1) is 12.2. The number of methoxy groups -OCH3 is 5. The van der Waals surface area contributed by atoms with Crippen LogP contribution in [-0.2, 0) is 47.7 Å². The van der Waals surface area contributed by atoms with Crippen molar-refractivity contribution in [2.45, 2.75) is 2.97 Å². The topological polar surface area (TPSA) is 132 Å². The van der Waals surface area contributed by atoms with E-state index in [-0.39, 0.29) is 0 Å². The molecule has 0 radical (unpaired) electrons. The zero-order valence-corrected chi connectivity index (χ0v) is 19.1. The van der Waals surface area contributed by atoms with Crippen LogP contribution in [-0.4, -0.2) is 91.2 Å². The molecule has 1 rings (SSSR count). The van der Waals surface area contributed by atoms with Crippen molar-refractivity contribution in [3.05, 3.63) is 22.3 Å². The number of hydrogen-bond donors (Lipinski definition) is 0. The fourth-order valence-corrected chi connectivity index (χ4v) is 4.97. The SMILES string of the molecule is COC(=O)C1=C(C(=O)OC)[C]([Tl])(C(=O)OC)C(C(=O)OC)=C1C(=O)OC. The molecule has 10 nitrogen and oxygen atoms in total. The first kappa shape index (κ1) is 21.8. The molecule has 1 aliphatic carbocycles. The van der Waals surface area contributed by atoms with E-state index in [1.165, 1.54) is 0 Å². The number of esters is 5. The Morgan fingerprint density at radius 3 is 1.15 bits per heavy atom. The van der Waals surface area contributed by atoms with Gasteiger partial charge in [0, 0.05) is 0 Å². The molecule has 0 amide bonds. The Morgan fingerprint density at radius 2 is 0.923 bits per heavy atom. The summed E-state index contributed by atoms with van der Waals surface area (Å²) >= 11 is -0.509. The minimum atomic E-state index is -2.00. The van der Waals surface area contributed by atoms with Gasteiger partial charge in [-0.25, -0.2) is 0 Å². The van der Waals surface area contributed by atoms with Gasteiger partial charge >= 0.3 is 164 Å². The van der Waals surface area contributed by atoms with Gasteiger partial charge in [0.15, 0.2) is 0 Å². The Morgan fingerprint density at radius 1 is 0.615 bits per heavy atom. The van der Waals surface area contributed by atoms with Crippen LogP contribution >= 0.6 is 0 Å². The van der Waals surface area contributed by atoms with Crippen molar-refractivity contribution in [1.29, 1.82) is 0 Å². The van der Waals surface area contributed by atoms with Crippen molar-refractivity contribution in [1.82, 2.24) is 0 Å². The van der Waals surface area contributed by atoms with E-state index in [9.17, 15) is 24.0 Å². The Bertz CT molecular complexity index is 694. The second-order valence-corrected chi connectivity index (χ2v) is 8.13. The summed E-state index contributed by atoms with van der Waals surface area (Å²) in [5, 5.41) is 0. The van der Waals surface area contributed by atoms with E-state index in [1.807, 2.05) is 0 Å². The molecule has 1 aliphatic rings. The molecule has 0 bridgehead atoms. The number of ether oxygens (including phenoxy) is 5. The molecule has 0 aromatic carbocycles. The van der Waals surface area contributed by atoms with Gasteiger partial charge < -0.3 is 0 Å². The number of carbonyl (C=O) groups is 5. The van der Waals surface area contributed by atoms with Crippen LogP contribution in [0.15, 0.2) is 22.3 Å². The van der Waals surface area contributed by atoms with Crippen LogP contribution in [0.4, 0.5) is 0 Å². The minimum absolute atomic E-state index is 0.509. The van der Waals surface area contributed by atoms with Gasteiger partial charge in [-0.05, 0) is 0 Å². The maximum atomic E-state index is 12.5. The van der Waals surface area contributed by atoms with Crippen LogP contribution in [0.5, 0.6) is 0 Å². The third kappa shape index (κ3) is 3.24. The zero-order valence-electron chi connectivity index (χ0n) is 14.7. The first-order valence-electron chi connectivity index (χ1n) is 6.87. The first-order valence-corrected chi connectivity index (χ1v) is 9.12. The Hall–Kier alpha value is -2.25. The maximum absolute atomic E-state index is 12.5. The standard InChI is InChI=1S/C15H15O10.Tl/c1-21-11(16)6-7(12(17)22-2)9(14(19)24-4)10(15(20)25-5)8(6)13(18)23-3;/h1-5H3;. The van der Waals surface area contributed by atoms with Crippen molar-refractivity contribution < 1.29 is 47.7 Å². The van der Waals surface area contributed by atoms with Crippen molar-refractivity contribution in [3.8, 4) is 0 Å². The van der Waals surface area contributed by atoms with E-state index in [4.69, 9.17) is 4.74 Å². The van der Waals surface area contributed by atoms with Crippen LogP contribution in [0, 0.1) is 0 Å². The summed E-state index contributed by atoms with van der Waals surface area (Å²) in [4.78, 5) is 62.0. The van der Waals surface area contributed by atoms with Gasteiger partial charge in [0.25, 0.3) is 0 Å². The van der Waals surface area contributed by atoms with Crippen LogP contribution in [0.2, 0.25) is 2.97 Å². The van der Waals surface area contributed by atoms with E-state index in [0.29, 0.717) is 0 Å². The van der Waals surface area contributed by atoms with Crippen molar-refractivity contribution >= 4 is 55.6 Å². The molecular formula is C15H15O10Tl. The monoisotopic (exact) mass is 560 g/mol. The quantitative estimate of drug-likeness (QED) is 0.230. The van der Waals surface area contributed by atoms with Crippen LogP contribution in [0.3, 0.4) is 0 Å². The van der Waals surface area contributed by atoms with E-state index >= 15 is 0 Å². The predicted octanol–water partition coefficient (Wildman–Crippen LogP) is -1.21. The van der Waals surface area contributed by atoms with Crippen molar-refractivity contribution in [2.24, 2.45) is 0 Å². The molecule has 0 heterocycles. The van der Waals surface area contributed by atoms with Gasteiger partial charge in [0.1, 0.15) is 0 Å². The molecule has 0 spiro atoms. The molecule has 0 fully saturated rings. The third-order valence-electron chi connectivity index (χ3n) is 3.60. The summed E-state index contributed by atoms with van der Waals surface area (Å²) in [5.74, 6) is -5.47. The number of hydrogen-bond acceptors (Lipinski definition) is 10. The predicted molar refractivity (Wildman–Crippen MR) is 82.6 cm³/mol. The van der Waals surface area contributed by atoms with E-state index in [2.05, 4.69) is 18.9 Å². The Balaban J connectivity index is 4.12. The van der Waals surface area contributed by atoms with Crippen LogP contribution in [0.25, 0.3) is 0 Å². The number of rotatable bonds is 5. The molecule has 0 aliphatic heterocycles. The molecule has 0 saturated carbocycles. The van der Waals surface area contributed by atoms with Gasteiger partial charge in [0.05, 0.1) is 0 Å². The molecule has 0 aromatic heterocycles. The second-order valence-electron chi connectivity index (χ2n) is 4.77. The summed E-state index contributed by atoms with van der Waals surface area (Å²) < 4.78 is 21.3. The van der Waals surface area contributed by atoms with Crippen LogP contribution in [0.1, 0.15) is 0 Å². The zero-order chi connectivity index (χ0) is 20.2. The molecule has 0 saturated heterocycles. The van der Waals surface area contributed by atoms with Gasteiger partial charge in [0.2, 0.25) is 0 Å². The summed E-state index contributed by atoms with van der Waals surface area (Å²) in [5.41, 5.74) is -2.24. The molecule has 0 aromatic rings. The van der Waals surface area contributed by atoms with Crippen molar-refractivity contribution in [2.75, 3.05) is 35.5 Å². The molecule has 138 valence electrons. The molecule has 0 N–H and O–H groups in total. The van der Waals surface area contributed by atoms with Gasteiger partial charge in [-0.15, -0.1) is 0 Å². The number of carbonyl (C=O) groups excluding carboxylic acids is 5.